The first-order valence-electron chi connectivity index (χ1n) is 16.1. The lowest BCUT2D eigenvalue weighted by Crippen LogP contribution is -2.36. The van der Waals surface area contributed by atoms with Gasteiger partial charge in [0.15, 0.2) is 26.7 Å². The van der Waals surface area contributed by atoms with Crippen LogP contribution < -0.4 is 5.32 Å². The van der Waals surface area contributed by atoms with Crippen molar-refractivity contribution < 1.29 is 60.4 Å². The van der Waals surface area contributed by atoms with Crippen LogP contribution in [0.4, 0.5) is 10.1 Å². The van der Waals surface area contributed by atoms with Crippen LogP contribution in [0.2, 0.25) is 5.15 Å². The molecule has 4 rings (SSSR count). The van der Waals surface area contributed by atoms with Crippen molar-refractivity contribution in [3.8, 4) is 6.07 Å². The Bertz CT molecular complexity index is 1690. The number of alkyl halides is 1. The standard InChI is InChI=1S/C30H41ClFN4O12PS/c1-3-5-7-23(37)44-15-46-49(41,47-16-45-24(38)8-6-4-2)17-50(42,43)14-22-26(39)27(40)30(48-22)36-10-9-20-25(34-19-11-18(32)12-19)21(13-33)28(31)35-29(20)36/h9-10,18-19,22,26-27,30,39-40H,3-8,11-12,14-17H2,1-2H3,(H,34,35)/t18-,19+,22-,26-,27-,30-/m1/s1. The van der Waals surface area contributed by atoms with E-state index in [1.54, 1.807) is 6.07 Å². The van der Waals surface area contributed by atoms with E-state index in [0.29, 0.717) is 36.8 Å². The van der Waals surface area contributed by atoms with Gasteiger partial charge in [0, 0.05) is 30.5 Å². The van der Waals surface area contributed by atoms with E-state index in [2.05, 4.69) is 10.3 Å². The highest BCUT2D eigenvalue weighted by molar-refractivity contribution is 7.97. The van der Waals surface area contributed by atoms with Crippen LogP contribution in [0.1, 0.15) is 77.0 Å². The molecular formula is C30H41ClFN4O12PS. The van der Waals surface area contributed by atoms with Crippen LogP contribution in [-0.4, -0.2) is 95.5 Å². The van der Waals surface area contributed by atoms with Crippen LogP contribution in [0, 0.1) is 11.3 Å². The number of hydrogen-bond acceptors (Lipinski definition) is 15. The van der Waals surface area contributed by atoms with Gasteiger partial charge in [-0.1, -0.05) is 38.3 Å². The summed E-state index contributed by atoms with van der Waals surface area (Å²) < 4.78 is 80.8. The van der Waals surface area contributed by atoms with Crippen molar-refractivity contribution in [2.75, 3.05) is 30.1 Å². The zero-order valence-electron chi connectivity index (χ0n) is 27.5. The molecule has 2 fully saturated rings. The Labute approximate surface area is 293 Å². The lowest BCUT2D eigenvalue weighted by molar-refractivity contribution is -0.152. The minimum Gasteiger partial charge on any atom is -0.438 e. The number of nitrogens with zero attached hydrogens (tertiary/aromatic N) is 3. The molecule has 0 bridgehead atoms. The zero-order valence-corrected chi connectivity index (χ0v) is 30.0. The summed E-state index contributed by atoms with van der Waals surface area (Å²) in [5.41, 5.74) is -0.826. The van der Waals surface area contributed by atoms with Gasteiger partial charge in [0.2, 0.25) is 13.6 Å². The quantitative estimate of drug-likeness (QED) is 0.0793. The summed E-state index contributed by atoms with van der Waals surface area (Å²) in [7, 11) is -9.15. The molecule has 2 aliphatic rings. The molecule has 0 spiro atoms. The number of aliphatic hydroxyl groups is 2. The lowest BCUT2D eigenvalue weighted by atomic mass is 9.90. The van der Waals surface area contributed by atoms with E-state index in [9.17, 15) is 42.4 Å². The molecule has 50 heavy (non-hydrogen) atoms. The van der Waals surface area contributed by atoms with Gasteiger partial charge < -0.3 is 34.3 Å². The molecular weight excluding hydrogens is 726 g/mol. The van der Waals surface area contributed by atoms with Crippen molar-refractivity contribution in [3.05, 3.63) is 23.0 Å². The van der Waals surface area contributed by atoms with Gasteiger partial charge in [-0.05, 0) is 31.7 Å². The second kappa shape index (κ2) is 17.6. The molecule has 0 radical (unpaired) electrons. The van der Waals surface area contributed by atoms with E-state index in [-0.39, 0.29) is 48.1 Å². The molecule has 4 atom stereocenters. The number of pyridine rings is 1. The Balaban J connectivity index is 1.49. The fourth-order valence-corrected chi connectivity index (χ4v) is 9.79. The largest absolute Gasteiger partial charge is 0.438 e. The minimum absolute atomic E-state index is 0.0245. The third-order valence-corrected chi connectivity index (χ3v) is 13.1. The van der Waals surface area contributed by atoms with Gasteiger partial charge in [0.1, 0.15) is 41.8 Å². The van der Waals surface area contributed by atoms with Gasteiger partial charge in [-0.15, -0.1) is 0 Å². The number of ether oxygens (including phenoxy) is 3. The van der Waals surface area contributed by atoms with Crippen LogP contribution in [-0.2, 0) is 47.2 Å². The molecule has 1 saturated heterocycles. The third kappa shape index (κ3) is 10.1. The van der Waals surface area contributed by atoms with Crippen molar-refractivity contribution in [1.29, 1.82) is 5.26 Å². The van der Waals surface area contributed by atoms with Crippen LogP contribution in [0.15, 0.2) is 12.3 Å². The molecule has 2 aromatic rings. The normalized spacial score (nSPS) is 23.7. The molecule has 2 aromatic heterocycles. The fraction of sp³-hybridized carbons (Fsp3) is 0.667. The predicted molar refractivity (Wildman–Crippen MR) is 176 cm³/mol. The maximum absolute atomic E-state index is 13.5. The Kier molecular flexibility index (Phi) is 14.0. The number of aromatic nitrogens is 2. The highest BCUT2D eigenvalue weighted by Crippen LogP contribution is 2.50. The number of hydrogen-bond donors (Lipinski definition) is 3. The summed E-state index contributed by atoms with van der Waals surface area (Å²) in [4.78, 5) is 28.0. The molecule has 1 aliphatic heterocycles. The first-order valence-corrected chi connectivity index (χ1v) is 20.1. The number of carbonyl (C=O) groups is 2. The van der Waals surface area contributed by atoms with E-state index in [1.165, 1.54) is 10.8 Å². The number of aliphatic hydroxyl groups excluding tert-OH is 2. The highest BCUT2D eigenvalue weighted by atomic mass is 35.5. The van der Waals surface area contributed by atoms with Gasteiger partial charge in [-0.2, -0.15) is 5.26 Å². The second-order valence-electron chi connectivity index (χ2n) is 12.1. The number of carbonyl (C=O) groups excluding carboxylic acids is 2. The van der Waals surface area contributed by atoms with Crippen molar-refractivity contribution in [1.82, 2.24) is 9.55 Å². The number of sulfone groups is 1. The summed E-state index contributed by atoms with van der Waals surface area (Å²) in [5, 5.41) is 34.8. The van der Waals surface area contributed by atoms with Crippen molar-refractivity contribution >= 4 is 57.7 Å². The summed E-state index contributed by atoms with van der Waals surface area (Å²) in [6.45, 7) is 1.91. The monoisotopic (exact) mass is 766 g/mol. The average Bonchev–Trinajstić information content (AvgIpc) is 3.57. The number of unbranched alkanes of at least 4 members (excludes halogenated alkanes) is 2. The Morgan fingerprint density at radius 3 is 2.28 bits per heavy atom. The topological polar surface area (TPSA) is 226 Å². The maximum Gasteiger partial charge on any atom is 0.351 e. The summed E-state index contributed by atoms with van der Waals surface area (Å²) in [6.07, 6.45) is -2.87. The number of esters is 2. The Morgan fingerprint density at radius 2 is 1.74 bits per heavy atom. The zero-order chi connectivity index (χ0) is 36.6. The predicted octanol–water partition coefficient (Wildman–Crippen LogP) is 4.07. The lowest BCUT2D eigenvalue weighted by Gasteiger charge is -2.31. The molecule has 1 saturated carbocycles. The Morgan fingerprint density at radius 1 is 1.14 bits per heavy atom. The molecule has 278 valence electrons. The SMILES string of the molecule is CCCCC(=O)OCOP(=O)(CS(=O)(=O)C[C@H]1O[C@@H](n2ccc3c(N[C@H]4C[C@@H](F)C4)c(C#N)c(Cl)nc32)[C@H](O)[C@@H]1O)OCOC(=O)CCCC. The van der Waals surface area contributed by atoms with Crippen molar-refractivity contribution in [2.24, 2.45) is 0 Å². The number of rotatable bonds is 19. The molecule has 3 heterocycles. The molecule has 20 heteroatoms. The first kappa shape index (κ1) is 39.9. The van der Waals surface area contributed by atoms with Gasteiger partial charge >= 0.3 is 19.5 Å². The van der Waals surface area contributed by atoms with Gasteiger partial charge in [0.25, 0.3) is 0 Å². The van der Waals surface area contributed by atoms with Crippen molar-refractivity contribution in [3.63, 3.8) is 0 Å². The minimum atomic E-state index is -4.65. The van der Waals surface area contributed by atoms with E-state index >= 15 is 0 Å². The van der Waals surface area contributed by atoms with Crippen LogP contribution in [0.5, 0.6) is 0 Å². The van der Waals surface area contributed by atoms with Crippen molar-refractivity contribution in [2.45, 2.75) is 102 Å². The fourth-order valence-electron chi connectivity index (χ4n) is 5.35. The molecule has 0 unspecified atom stereocenters. The third-order valence-electron chi connectivity index (χ3n) is 8.15. The number of nitriles is 1. The van der Waals surface area contributed by atoms with E-state index < -0.39 is 84.9 Å². The van der Waals surface area contributed by atoms with Gasteiger partial charge in [0.05, 0.1) is 11.4 Å². The second-order valence-corrected chi connectivity index (χ2v) is 17.0. The molecule has 0 aromatic carbocycles. The summed E-state index contributed by atoms with van der Waals surface area (Å²) >= 11 is 6.31. The van der Waals surface area contributed by atoms with E-state index in [0.717, 1.165) is 0 Å². The number of nitrogens with one attached hydrogen (secondary N) is 1. The molecule has 16 nitrogen and oxygen atoms in total. The summed E-state index contributed by atoms with van der Waals surface area (Å²) in [5.74, 6) is -2.31. The number of anilines is 1. The van der Waals surface area contributed by atoms with E-state index in [1.807, 2.05) is 19.9 Å². The smallest absolute Gasteiger partial charge is 0.351 e. The molecule has 0 amide bonds. The van der Waals surface area contributed by atoms with Crippen LogP contribution >= 0.6 is 19.2 Å². The Hall–Kier alpha value is -2.88. The molecule has 3 N–H and O–H groups in total. The summed E-state index contributed by atoms with van der Waals surface area (Å²) in [6, 6.07) is 3.28. The average molecular weight is 767 g/mol. The first-order chi connectivity index (χ1) is 23.7. The van der Waals surface area contributed by atoms with E-state index in [4.69, 9.17) is 34.9 Å². The molecule has 1 aliphatic carbocycles. The van der Waals surface area contributed by atoms with Gasteiger partial charge in [-0.3, -0.25) is 23.2 Å². The number of fused-ring (bicyclic) bond motifs is 1. The van der Waals surface area contributed by atoms with Gasteiger partial charge in [-0.25, -0.2) is 17.8 Å². The van der Waals surface area contributed by atoms with Crippen LogP contribution in [0.3, 0.4) is 0 Å². The number of halogens is 2. The highest BCUT2D eigenvalue weighted by Gasteiger charge is 2.47. The van der Waals surface area contributed by atoms with Crippen LogP contribution in [0.25, 0.3) is 11.0 Å². The maximum atomic E-state index is 13.5.